The Bertz CT molecular complexity index is 1330. The van der Waals surface area contributed by atoms with Gasteiger partial charge in [-0.2, -0.15) is 0 Å². The summed E-state index contributed by atoms with van der Waals surface area (Å²) in [6.07, 6.45) is 3.63. The van der Waals surface area contributed by atoms with Crippen molar-refractivity contribution in [3.63, 3.8) is 0 Å². The zero-order valence-corrected chi connectivity index (χ0v) is 22.1. The molecule has 6 nitrogen and oxygen atoms in total. The molecule has 0 radical (unpaired) electrons. The van der Waals surface area contributed by atoms with Crippen molar-refractivity contribution in [1.29, 1.82) is 0 Å². The number of hydrogen-bond acceptors (Lipinski definition) is 4. The van der Waals surface area contributed by atoms with Crippen molar-refractivity contribution in [3.8, 4) is 5.75 Å². The lowest BCUT2D eigenvalue weighted by atomic mass is 9.83. The minimum Gasteiger partial charge on any atom is -0.487 e. The largest absolute Gasteiger partial charge is 0.487 e. The summed E-state index contributed by atoms with van der Waals surface area (Å²) in [5, 5.41) is 3.21. The van der Waals surface area contributed by atoms with Crippen LogP contribution in [0, 0.1) is 6.92 Å². The lowest BCUT2D eigenvalue weighted by molar-refractivity contribution is 0.0227. The predicted octanol–water partition coefficient (Wildman–Crippen LogP) is 5.77. The van der Waals surface area contributed by atoms with Gasteiger partial charge in [-0.3, -0.25) is 9.10 Å². The topological polar surface area (TPSA) is 75.7 Å². The van der Waals surface area contributed by atoms with Crippen LogP contribution in [0.4, 0.5) is 5.69 Å². The second-order valence-corrected chi connectivity index (χ2v) is 11.5. The third-order valence-electron chi connectivity index (χ3n) is 7.02. The first-order chi connectivity index (χ1) is 17.1. The molecular formula is C29H34N2O4S. The molecule has 4 rings (SSSR count). The predicted molar refractivity (Wildman–Crippen MR) is 144 cm³/mol. The molecule has 1 N–H and O–H groups in total. The maximum atomic E-state index is 13.2. The van der Waals surface area contributed by atoms with E-state index in [9.17, 15) is 13.2 Å². The fourth-order valence-corrected chi connectivity index (χ4v) is 5.66. The molecular weight excluding hydrogens is 472 g/mol. The number of benzene rings is 3. The highest BCUT2D eigenvalue weighted by Gasteiger charge is 2.39. The van der Waals surface area contributed by atoms with Crippen LogP contribution in [0.3, 0.4) is 0 Å². The van der Waals surface area contributed by atoms with E-state index in [1.165, 1.54) is 10.6 Å². The Balaban J connectivity index is 1.52. The van der Waals surface area contributed by atoms with Gasteiger partial charge in [-0.1, -0.05) is 56.3 Å². The fourth-order valence-electron chi connectivity index (χ4n) is 4.78. The second kappa shape index (κ2) is 10.3. The van der Waals surface area contributed by atoms with Crippen LogP contribution < -0.4 is 14.4 Å². The number of aryl methyl sites for hydroxylation is 1. The lowest BCUT2D eigenvalue weighted by Crippen LogP contribution is -2.44. The number of carbonyl (C=O) groups excluding carboxylic acids is 1. The number of ether oxygens (including phenoxy) is 1. The molecule has 0 fully saturated rings. The molecule has 7 heteroatoms. The zero-order chi connectivity index (χ0) is 25.9. The minimum absolute atomic E-state index is 0.149. The average molecular weight is 507 g/mol. The van der Waals surface area contributed by atoms with Crippen LogP contribution in [-0.2, 0) is 16.6 Å². The number of fused-ring (bicyclic) bond motifs is 1. The monoisotopic (exact) mass is 506 g/mol. The van der Waals surface area contributed by atoms with E-state index in [0.717, 1.165) is 35.3 Å². The van der Waals surface area contributed by atoms with E-state index in [1.54, 1.807) is 18.2 Å². The van der Waals surface area contributed by atoms with Gasteiger partial charge in [0.25, 0.3) is 5.91 Å². The Morgan fingerprint density at radius 3 is 2.36 bits per heavy atom. The number of sulfonamides is 1. The molecule has 0 aliphatic carbocycles. The Morgan fingerprint density at radius 1 is 1.03 bits per heavy atom. The van der Waals surface area contributed by atoms with E-state index in [-0.39, 0.29) is 24.1 Å². The van der Waals surface area contributed by atoms with Crippen molar-refractivity contribution in [1.82, 2.24) is 5.32 Å². The van der Waals surface area contributed by atoms with Crippen molar-refractivity contribution >= 4 is 21.6 Å². The summed E-state index contributed by atoms with van der Waals surface area (Å²) in [5.74, 6) is 0.660. The summed E-state index contributed by atoms with van der Waals surface area (Å²) in [6.45, 7) is 6.35. The van der Waals surface area contributed by atoms with Crippen LogP contribution in [0.1, 0.15) is 66.2 Å². The summed E-state index contributed by atoms with van der Waals surface area (Å²) in [5.41, 5.74) is 3.61. The Labute approximate surface area is 214 Å². The number of carbonyl (C=O) groups is 1. The van der Waals surface area contributed by atoms with Crippen molar-refractivity contribution in [3.05, 3.63) is 95.1 Å². The van der Waals surface area contributed by atoms with Crippen molar-refractivity contribution in [2.45, 2.75) is 58.2 Å². The summed E-state index contributed by atoms with van der Waals surface area (Å²) < 4.78 is 32.7. The summed E-state index contributed by atoms with van der Waals surface area (Å²) in [6, 6.07) is 22.3. The van der Waals surface area contributed by atoms with Gasteiger partial charge >= 0.3 is 0 Å². The van der Waals surface area contributed by atoms with E-state index in [4.69, 9.17) is 4.74 Å². The molecule has 0 saturated heterocycles. The molecule has 1 aliphatic rings. The van der Waals surface area contributed by atoms with Gasteiger partial charge in [0.2, 0.25) is 10.0 Å². The van der Waals surface area contributed by atoms with Gasteiger partial charge in [-0.15, -0.1) is 0 Å². The molecule has 3 aromatic carbocycles. The molecule has 1 amide bonds. The normalized spacial score (nSPS) is 16.5. The standard InChI is InChI=1S/C29H34N2O4S/c1-5-29(6-2)19-26(25-12-7-8-13-27(25)35-29)30-28(32)23-16-14-22(15-17-23)20-31(36(4,33)34)24-11-9-10-21(3)18-24/h7-18,26H,5-6,19-20H2,1-4H3,(H,30,32). The molecule has 0 saturated carbocycles. The highest BCUT2D eigenvalue weighted by molar-refractivity contribution is 7.92. The molecule has 190 valence electrons. The van der Waals surface area contributed by atoms with Gasteiger partial charge in [0.05, 0.1) is 24.5 Å². The smallest absolute Gasteiger partial charge is 0.251 e. The van der Waals surface area contributed by atoms with Crippen LogP contribution in [0.5, 0.6) is 5.75 Å². The highest BCUT2D eigenvalue weighted by atomic mass is 32.2. The molecule has 1 atom stereocenters. The third kappa shape index (κ3) is 5.57. The molecule has 3 aromatic rings. The SMILES string of the molecule is CCC1(CC)CC(NC(=O)c2ccc(CN(c3cccc(C)c3)S(C)(=O)=O)cc2)c2ccccc2O1. The lowest BCUT2D eigenvalue weighted by Gasteiger charge is -2.41. The summed E-state index contributed by atoms with van der Waals surface area (Å²) in [7, 11) is -3.48. The first-order valence-electron chi connectivity index (χ1n) is 12.4. The number of para-hydroxylation sites is 1. The third-order valence-corrected chi connectivity index (χ3v) is 8.16. The number of nitrogens with zero attached hydrogens (tertiary/aromatic N) is 1. The maximum absolute atomic E-state index is 13.2. The zero-order valence-electron chi connectivity index (χ0n) is 21.3. The highest BCUT2D eigenvalue weighted by Crippen LogP contribution is 2.42. The number of nitrogens with one attached hydrogen (secondary N) is 1. The van der Waals surface area contributed by atoms with Gasteiger partial charge < -0.3 is 10.1 Å². The maximum Gasteiger partial charge on any atom is 0.251 e. The van der Waals surface area contributed by atoms with E-state index in [2.05, 4.69) is 19.2 Å². The number of anilines is 1. The van der Waals surface area contributed by atoms with Gasteiger partial charge in [0.15, 0.2) is 0 Å². The van der Waals surface area contributed by atoms with Gasteiger partial charge in [-0.05, 0) is 61.2 Å². The second-order valence-electron chi connectivity index (χ2n) is 9.57. The molecule has 1 unspecified atom stereocenters. The molecule has 1 heterocycles. The Hall–Kier alpha value is -3.32. The molecule has 0 spiro atoms. The number of amides is 1. The molecule has 36 heavy (non-hydrogen) atoms. The van der Waals surface area contributed by atoms with E-state index in [0.29, 0.717) is 17.7 Å². The van der Waals surface area contributed by atoms with Crippen molar-refractivity contribution in [2.75, 3.05) is 10.6 Å². The van der Waals surface area contributed by atoms with Crippen LogP contribution in [0.2, 0.25) is 0 Å². The average Bonchev–Trinajstić information content (AvgIpc) is 2.86. The van der Waals surface area contributed by atoms with Crippen LogP contribution in [0.15, 0.2) is 72.8 Å². The van der Waals surface area contributed by atoms with Crippen LogP contribution >= 0.6 is 0 Å². The van der Waals surface area contributed by atoms with Gasteiger partial charge in [-0.25, -0.2) is 8.42 Å². The van der Waals surface area contributed by atoms with E-state index >= 15 is 0 Å². The molecule has 1 aliphatic heterocycles. The van der Waals surface area contributed by atoms with E-state index in [1.807, 2.05) is 61.5 Å². The minimum atomic E-state index is -3.48. The molecule has 0 aromatic heterocycles. The first-order valence-corrected chi connectivity index (χ1v) is 14.2. The first kappa shape index (κ1) is 25.8. The molecule has 0 bridgehead atoms. The van der Waals surface area contributed by atoms with Crippen molar-refractivity contribution in [2.24, 2.45) is 0 Å². The van der Waals surface area contributed by atoms with Gasteiger partial charge in [0, 0.05) is 17.5 Å². The van der Waals surface area contributed by atoms with Crippen LogP contribution in [-0.4, -0.2) is 26.2 Å². The van der Waals surface area contributed by atoms with E-state index < -0.39 is 10.0 Å². The number of hydrogen-bond donors (Lipinski definition) is 1. The fraction of sp³-hybridized carbons (Fsp3) is 0.345. The van der Waals surface area contributed by atoms with Gasteiger partial charge in [0.1, 0.15) is 11.4 Å². The van der Waals surface area contributed by atoms with Crippen molar-refractivity contribution < 1.29 is 17.9 Å². The Kier molecular flexibility index (Phi) is 7.41. The number of rotatable bonds is 8. The summed E-state index contributed by atoms with van der Waals surface area (Å²) >= 11 is 0. The quantitative estimate of drug-likeness (QED) is 0.421. The van der Waals surface area contributed by atoms with Crippen LogP contribution in [0.25, 0.3) is 0 Å². The Morgan fingerprint density at radius 2 is 1.72 bits per heavy atom. The summed E-state index contributed by atoms with van der Waals surface area (Å²) in [4.78, 5) is 13.2.